The van der Waals surface area contributed by atoms with E-state index < -0.39 is 12.1 Å². The van der Waals surface area contributed by atoms with Crippen LogP contribution in [0.4, 0.5) is 19.1 Å². The Morgan fingerprint density at radius 2 is 1.88 bits per heavy atom. The number of carboxylic acid groups (broad SMARTS) is 1. The van der Waals surface area contributed by atoms with E-state index in [1.807, 2.05) is 6.07 Å². The van der Waals surface area contributed by atoms with E-state index in [-0.39, 0.29) is 11.3 Å². The minimum Gasteiger partial charge on any atom is -0.475 e. The molecule has 2 fully saturated rings. The third-order valence-corrected chi connectivity index (χ3v) is 6.45. The lowest BCUT2D eigenvalue weighted by atomic mass is 9.76. The molecular formula is C22H29F3N4O4. The van der Waals surface area contributed by atoms with E-state index in [9.17, 15) is 18.0 Å². The van der Waals surface area contributed by atoms with Gasteiger partial charge < -0.3 is 19.6 Å². The van der Waals surface area contributed by atoms with Gasteiger partial charge in [0.15, 0.2) is 0 Å². The summed E-state index contributed by atoms with van der Waals surface area (Å²) in [5.41, 5.74) is 1.27. The number of nitrogens with zero attached hydrogens (tertiary/aromatic N) is 4. The number of rotatable bonds is 4. The van der Waals surface area contributed by atoms with Crippen LogP contribution in [-0.4, -0.2) is 77.4 Å². The SMILES string of the molecule is COCC1CC2(CCN(C(=O)C3=CCCC3)CC2)CN1c1ncccn1.O=C(O)C(F)(F)F. The van der Waals surface area contributed by atoms with E-state index in [2.05, 4.69) is 25.8 Å². The Kier molecular flexibility index (Phi) is 7.93. The van der Waals surface area contributed by atoms with Crippen LogP contribution < -0.4 is 4.90 Å². The summed E-state index contributed by atoms with van der Waals surface area (Å²) in [6, 6.07) is 2.16. The van der Waals surface area contributed by atoms with Gasteiger partial charge in [0.05, 0.1) is 12.6 Å². The van der Waals surface area contributed by atoms with Crippen LogP contribution in [0.1, 0.15) is 38.5 Å². The molecule has 33 heavy (non-hydrogen) atoms. The number of alkyl halides is 3. The Balaban J connectivity index is 0.000000383. The van der Waals surface area contributed by atoms with Gasteiger partial charge in [-0.15, -0.1) is 0 Å². The summed E-state index contributed by atoms with van der Waals surface area (Å²) < 4.78 is 37.2. The Labute approximate surface area is 190 Å². The zero-order valence-electron chi connectivity index (χ0n) is 18.6. The molecule has 1 unspecified atom stereocenters. The van der Waals surface area contributed by atoms with Crippen LogP contribution in [0.25, 0.3) is 0 Å². The number of piperidine rings is 1. The van der Waals surface area contributed by atoms with Gasteiger partial charge in [-0.25, -0.2) is 14.8 Å². The molecule has 1 amide bonds. The number of hydrogen-bond acceptors (Lipinski definition) is 6. The average Bonchev–Trinajstić information content (AvgIpc) is 3.44. The zero-order chi connectivity index (χ0) is 24.1. The Bertz CT molecular complexity index is 855. The zero-order valence-corrected chi connectivity index (χ0v) is 18.6. The van der Waals surface area contributed by atoms with Gasteiger partial charge in [0.25, 0.3) is 0 Å². The fourth-order valence-electron chi connectivity index (χ4n) is 4.79. The topological polar surface area (TPSA) is 95.9 Å². The molecule has 1 N–H and O–H groups in total. The number of methoxy groups -OCH3 is 1. The summed E-state index contributed by atoms with van der Waals surface area (Å²) in [6.45, 7) is 3.37. The quantitative estimate of drug-likeness (QED) is 0.723. The van der Waals surface area contributed by atoms with Gasteiger partial charge in [0.2, 0.25) is 11.9 Å². The number of anilines is 1. The fourth-order valence-corrected chi connectivity index (χ4v) is 4.79. The van der Waals surface area contributed by atoms with E-state index in [4.69, 9.17) is 14.6 Å². The Hall–Kier alpha value is -2.69. The van der Waals surface area contributed by atoms with Crippen molar-refractivity contribution in [1.82, 2.24) is 14.9 Å². The highest BCUT2D eigenvalue weighted by Crippen LogP contribution is 2.44. The minimum atomic E-state index is -5.08. The molecule has 0 bridgehead atoms. The smallest absolute Gasteiger partial charge is 0.475 e. The molecule has 3 aliphatic rings. The summed E-state index contributed by atoms with van der Waals surface area (Å²) >= 11 is 0. The van der Waals surface area contributed by atoms with Gasteiger partial charge in [-0.3, -0.25) is 4.79 Å². The van der Waals surface area contributed by atoms with Crippen LogP contribution in [0.5, 0.6) is 0 Å². The first kappa shape index (κ1) is 24.9. The normalized spacial score (nSPS) is 22.1. The van der Waals surface area contributed by atoms with Gasteiger partial charge in [-0.1, -0.05) is 6.08 Å². The maximum atomic E-state index is 12.7. The first-order valence-electron chi connectivity index (χ1n) is 11.0. The van der Waals surface area contributed by atoms with Crippen LogP contribution in [-0.2, 0) is 14.3 Å². The summed E-state index contributed by atoms with van der Waals surface area (Å²) in [6.07, 6.45) is 6.98. The van der Waals surface area contributed by atoms with Gasteiger partial charge in [-0.2, -0.15) is 13.2 Å². The molecule has 182 valence electrons. The second kappa shape index (κ2) is 10.5. The minimum absolute atomic E-state index is 0.239. The van der Waals surface area contributed by atoms with E-state index in [0.717, 1.165) is 69.7 Å². The molecule has 2 saturated heterocycles. The number of halogens is 3. The highest BCUT2D eigenvalue weighted by molar-refractivity contribution is 5.93. The van der Waals surface area contributed by atoms with Crippen LogP contribution in [0, 0.1) is 5.41 Å². The summed E-state index contributed by atoms with van der Waals surface area (Å²) in [4.78, 5) is 34.8. The summed E-state index contributed by atoms with van der Waals surface area (Å²) in [7, 11) is 1.76. The first-order valence-corrected chi connectivity index (χ1v) is 11.0. The maximum absolute atomic E-state index is 12.7. The Morgan fingerprint density at radius 1 is 1.24 bits per heavy atom. The Morgan fingerprint density at radius 3 is 2.39 bits per heavy atom. The molecular weight excluding hydrogens is 441 g/mol. The summed E-state index contributed by atoms with van der Waals surface area (Å²) in [5.74, 6) is -1.69. The molecule has 4 rings (SSSR count). The predicted octanol–water partition coefficient (Wildman–Crippen LogP) is 3.05. The fraction of sp³-hybridized carbons (Fsp3) is 0.636. The van der Waals surface area contributed by atoms with Crippen molar-refractivity contribution in [1.29, 1.82) is 0 Å². The predicted molar refractivity (Wildman–Crippen MR) is 114 cm³/mol. The second-order valence-corrected chi connectivity index (χ2v) is 8.71. The van der Waals surface area contributed by atoms with Crippen molar-refractivity contribution in [3.8, 4) is 0 Å². The van der Waals surface area contributed by atoms with Crippen molar-refractivity contribution < 1.29 is 32.6 Å². The molecule has 1 aromatic heterocycles. The van der Waals surface area contributed by atoms with E-state index in [1.54, 1.807) is 19.5 Å². The molecule has 0 radical (unpaired) electrons. The molecule has 3 heterocycles. The molecule has 1 aliphatic carbocycles. The number of carboxylic acids is 1. The molecule has 2 aliphatic heterocycles. The number of aliphatic carboxylic acids is 1. The first-order chi connectivity index (χ1) is 15.6. The van der Waals surface area contributed by atoms with Gasteiger partial charge >= 0.3 is 12.1 Å². The lowest BCUT2D eigenvalue weighted by Crippen LogP contribution is -2.44. The number of carbonyl (C=O) groups is 2. The molecule has 1 atom stereocenters. The molecule has 11 heteroatoms. The molecule has 0 aromatic carbocycles. The van der Waals surface area contributed by atoms with Crippen molar-refractivity contribution in [2.45, 2.75) is 50.7 Å². The van der Waals surface area contributed by atoms with E-state index in [0.29, 0.717) is 12.6 Å². The van der Waals surface area contributed by atoms with Crippen LogP contribution in [0.2, 0.25) is 0 Å². The number of hydrogen-bond donors (Lipinski definition) is 1. The number of ether oxygens (including phenoxy) is 1. The third-order valence-electron chi connectivity index (χ3n) is 6.45. The second-order valence-electron chi connectivity index (χ2n) is 8.71. The lowest BCUT2D eigenvalue weighted by molar-refractivity contribution is -0.192. The third kappa shape index (κ3) is 6.21. The van der Waals surface area contributed by atoms with Gasteiger partial charge in [0.1, 0.15) is 0 Å². The number of carbonyl (C=O) groups excluding carboxylic acids is 1. The van der Waals surface area contributed by atoms with Crippen molar-refractivity contribution in [2.24, 2.45) is 5.41 Å². The lowest BCUT2D eigenvalue weighted by Gasteiger charge is -2.39. The number of amides is 1. The van der Waals surface area contributed by atoms with Crippen molar-refractivity contribution >= 4 is 17.8 Å². The molecule has 8 nitrogen and oxygen atoms in total. The van der Waals surface area contributed by atoms with E-state index >= 15 is 0 Å². The van der Waals surface area contributed by atoms with E-state index in [1.165, 1.54) is 0 Å². The molecule has 1 aromatic rings. The standard InChI is InChI=1S/C20H28N4O2.C2HF3O2/c1-26-14-17-13-20(15-24(17)19-21-9-4-10-22-19)7-11-23(12-8-20)18(25)16-5-2-3-6-16;3-2(4,5)1(6)7/h4-5,9-10,17H,2-3,6-8,11-15H2,1H3;(H,6,7). The molecule has 0 saturated carbocycles. The van der Waals surface area contributed by atoms with Crippen molar-refractivity contribution in [3.63, 3.8) is 0 Å². The highest BCUT2D eigenvalue weighted by atomic mass is 19.4. The number of likely N-dealkylation sites (tertiary alicyclic amines) is 1. The van der Waals surface area contributed by atoms with Gasteiger partial charge in [0, 0.05) is 44.7 Å². The highest BCUT2D eigenvalue weighted by Gasteiger charge is 2.47. The maximum Gasteiger partial charge on any atom is 0.490 e. The van der Waals surface area contributed by atoms with Crippen LogP contribution in [0.15, 0.2) is 30.1 Å². The average molecular weight is 470 g/mol. The largest absolute Gasteiger partial charge is 0.490 e. The monoisotopic (exact) mass is 470 g/mol. The van der Waals surface area contributed by atoms with Gasteiger partial charge in [-0.05, 0) is 50.0 Å². The summed E-state index contributed by atoms with van der Waals surface area (Å²) in [5, 5.41) is 7.12. The molecule has 1 spiro atoms. The van der Waals surface area contributed by atoms with Crippen LogP contribution in [0.3, 0.4) is 0 Å². The van der Waals surface area contributed by atoms with Crippen LogP contribution >= 0.6 is 0 Å². The number of allylic oxidation sites excluding steroid dienone is 1. The number of aromatic nitrogens is 2. The van der Waals surface area contributed by atoms with Crippen molar-refractivity contribution in [2.75, 3.05) is 38.3 Å². The van der Waals surface area contributed by atoms with Crippen molar-refractivity contribution in [3.05, 3.63) is 30.1 Å².